The predicted octanol–water partition coefficient (Wildman–Crippen LogP) is 1.16. The van der Waals surface area contributed by atoms with E-state index in [4.69, 9.17) is 4.74 Å². The lowest BCUT2D eigenvalue weighted by molar-refractivity contribution is 0.0413. The fourth-order valence-electron chi connectivity index (χ4n) is 3.88. The fourth-order valence-corrected chi connectivity index (χ4v) is 3.88. The molecule has 0 spiro atoms. The van der Waals surface area contributed by atoms with E-state index in [0.29, 0.717) is 6.04 Å². The lowest BCUT2D eigenvalue weighted by atomic mass is 10.1. The molecule has 4 heterocycles. The Morgan fingerprint density at radius 2 is 2.05 bits per heavy atom. The number of hydrogen-bond donors (Lipinski definition) is 0. The fraction of sp³-hybridized carbons (Fsp3) is 0.625. The zero-order valence-electron chi connectivity index (χ0n) is 12.9. The van der Waals surface area contributed by atoms with Gasteiger partial charge in [0.25, 0.3) is 0 Å². The second-order valence-corrected chi connectivity index (χ2v) is 6.34. The van der Waals surface area contributed by atoms with E-state index in [1.165, 1.54) is 0 Å². The monoisotopic (exact) mass is 302 g/mol. The van der Waals surface area contributed by atoms with Crippen molar-refractivity contribution in [2.75, 3.05) is 26.3 Å². The van der Waals surface area contributed by atoms with Crippen molar-refractivity contribution in [3.63, 3.8) is 0 Å². The third-order valence-corrected chi connectivity index (χ3v) is 5.12. The van der Waals surface area contributed by atoms with Gasteiger partial charge in [0.05, 0.1) is 11.6 Å². The zero-order valence-corrected chi connectivity index (χ0v) is 12.9. The van der Waals surface area contributed by atoms with Gasteiger partial charge in [0.15, 0.2) is 5.65 Å². The van der Waals surface area contributed by atoms with E-state index in [9.17, 15) is 4.79 Å². The molecule has 4 rings (SSSR count). The van der Waals surface area contributed by atoms with Gasteiger partial charge in [-0.25, -0.2) is 9.78 Å². The number of likely N-dealkylation sites (tertiary alicyclic amines) is 1. The maximum Gasteiger partial charge on any atom is 0.330 e. The van der Waals surface area contributed by atoms with E-state index in [0.717, 1.165) is 56.7 Å². The molecule has 0 radical (unpaired) electrons. The van der Waals surface area contributed by atoms with Crippen molar-refractivity contribution in [1.29, 1.82) is 0 Å². The quantitative estimate of drug-likeness (QED) is 0.835. The lowest BCUT2D eigenvalue weighted by Crippen LogP contribution is -2.38. The van der Waals surface area contributed by atoms with Crippen LogP contribution in [0.4, 0.5) is 0 Å². The summed E-state index contributed by atoms with van der Waals surface area (Å²) < 4.78 is 9.06. The molecule has 22 heavy (non-hydrogen) atoms. The van der Waals surface area contributed by atoms with Gasteiger partial charge in [0.1, 0.15) is 0 Å². The molecule has 6 heteroatoms. The smallest absolute Gasteiger partial charge is 0.330 e. The number of rotatable bonds is 2. The standard InChI is InChI=1S/C16H22N4O2/c1-18-14-3-2-7-17-15(14)20(16(18)21)13-4-8-19(11-13)12-5-9-22-10-6-12/h2-3,7,12-13H,4-6,8-11H2,1H3/t13-/m1/s1. The number of nitrogens with zero attached hydrogens (tertiary/aromatic N) is 4. The van der Waals surface area contributed by atoms with Crippen LogP contribution < -0.4 is 5.69 Å². The number of hydrogen-bond acceptors (Lipinski definition) is 4. The molecule has 0 saturated carbocycles. The third-order valence-electron chi connectivity index (χ3n) is 5.12. The molecule has 6 nitrogen and oxygen atoms in total. The maximum absolute atomic E-state index is 12.6. The average molecular weight is 302 g/mol. The Kier molecular flexibility index (Phi) is 3.50. The summed E-state index contributed by atoms with van der Waals surface area (Å²) in [5.41, 5.74) is 1.78. The van der Waals surface area contributed by atoms with Crippen LogP contribution in [0.1, 0.15) is 25.3 Å². The molecule has 2 aromatic rings. The molecular weight excluding hydrogens is 280 g/mol. The molecular formula is C16H22N4O2. The topological polar surface area (TPSA) is 52.3 Å². The van der Waals surface area contributed by atoms with Crippen LogP contribution in [0.3, 0.4) is 0 Å². The number of aryl methyl sites for hydroxylation is 1. The normalized spacial score (nSPS) is 24.3. The first-order chi connectivity index (χ1) is 10.8. The molecule has 2 aliphatic heterocycles. The molecule has 2 aromatic heterocycles. The van der Waals surface area contributed by atoms with Crippen LogP contribution in [-0.4, -0.2) is 51.4 Å². The van der Waals surface area contributed by atoms with Crippen molar-refractivity contribution in [2.45, 2.75) is 31.3 Å². The van der Waals surface area contributed by atoms with Crippen LogP contribution in [0.25, 0.3) is 11.2 Å². The Labute approximate surface area is 129 Å². The molecule has 0 aromatic carbocycles. The van der Waals surface area contributed by atoms with Gasteiger partial charge in [-0.3, -0.25) is 14.0 Å². The number of pyridine rings is 1. The highest BCUT2D eigenvalue weighted by molar-refractivity contribution is 5.71. The average Bonchev–Trinajstić information content (AvgIpc) is 3.13. The number of ether oxygens (including phenoxy) is 1. The van der Waals surface area contributed by atoms with Gasteiger partial charge < -0.3 is 4.74 Å². The summed E-state index contributed by atoms with van der Waals surface area (Å²) in [6.07, 6.45) is 5.00. The second kappa shape index (κ2) is 5.52. The molecule has 0 amide bonds. The van der Waals surface area contributed by atoms with Gasteiger partial charge in [-0.15, -0.1) is 0 Å². The lowest BCUT2D eigenvalue weighted by Gasteiger charge is -2.31. The summed E-state index contributed by atoms with van der Waals surface area (Å²) in [5, 5.41) is 0. The molecule has 1 atom stereocenters. The first-order valence-electron chi connectivity index (χ1n) is 8.09. The largest absolute Gasteiger partial charge is 0.381 e. The maximum atomic E-state index is 12.6. The Balaban J connectivity index is 1.63. The molecule has 2 aliphatic rings. The molecule has 2 saturated heterocycles. The minimum atomic E-state index is 0.0486. The van der Waals surface area contributed by atoms with Crippen LogP contribution in [0.5, 0.6) is 0 Å². The van der Waals surface area contributed by atoms with Gasteiger partial charge in [-0.1, -0.05) is 0 Å². The number of aromatic nitrogens is 3. The highest BCUT2D eigenvalue weighted by Gasteiger charge is 2.32. The number of imidazole rings is 1. The molecule has 2 fully saturated rings. The van der Waals surface area contributed by atoms with E-state index in [1.807, 2.05) is 23.7 Å². The third kappa shape index (κ3) is 2.18. The van der Waals surface area contributed by atoms with Gasteiger partial charge in [-0.2, -0.15) is 0 Å². The van der Waals surface area contributed by atoms with Crippen molar-refractivity contribution >= 4 is 11.2 Å². The minimum absolute atomic E-state index is 0.0486. The Bertz CT molecular complexity index is 729. The highest BCUT2D eigenvalue weighted by atomic mass is 16.5. The van der Waals surface area contributed by atoms with E-state index < -0.39 is 0 Å². The minimum Gasteiger partial charge on any atom is -0.381 e. The molecule has 0 unspecified atom stereocenters. The molecule has 0 N–H and O–H groups in total. The molecule has 0 bridgehead atoms. The van der Waals surface area contributed by atoms with Crippen molar-refractivity contribution in [3.8, 4) is 0 Å². The Morgan fingerprint density at radius 1 is 1.23 bits per heavy atom. The van der Waals surface area contributed by atoms with Crippen molar-refractivity contribution in [3.05, 3.63) is 28.8 Å². The first kappa shape index (κ1) is 14.0. The van der Waals surface area contributed by atoms with Crippen LogP contribution in [0.15, 0.2) is 23.1 Å². The van der Waals surface area contributed by atoms with E-state index in [2.05, 4.69) is 9.88 Å². The van der Waals surface area contributed by atoms with Crippen LogP contribution in [0, 0.1) is 0 Å². The SMILES string of the molecule is Cn1c(=O)n([C@@H]2CCN(C3CCOCC3)C2)c2ncccc21. The summed E-state index contributed by atoms with van der Waals surface area (Å²) in [7, 11) is 1.83. The summed E-state index contributed by atoms with van der Waals surface area (Å²) in [6.45, 7) is 3.73. The van der Waals surface area contributed by atoms with Gasteiger partial charge in [0, 0.05) is 45.6 Å². The van der Waals surface area contributed by atoms with Gasteiger partial charge in [-0.05, 0) is 31.4 Å². The summed E-state index contributed by atoms with van der Waals surface area (Å²) >= 11 is 0. The van der Waals surface area contributed by atoms with Crippen molar-refractivity contribution in [1.82, 2.24) is 19.0 Å². The van der Waals surface area contributed by atoms with Gasteiger partial charge >= 0.3 is 5.69 Å². The van der Waals surface area contributed by atoms with Gasteiger partial charge in [0.2, 0.25) is 0 Å². The van der Waals surface area contributed by atoms with E-state index in [1.54, 1.807) is 10.8 Å². The summed E-state index contributed by atoms with van der Waals surface area (Å²) in [5.74, 6) is 0. The number of fused-ring (bicyclic) bond motifs is 1. The van der Waals surface area contributed by atoms with E-state index in [-0.39, 0.29) is 11.7 Å². The van der Waals surface area contributed by atoms with E-state index >= 15 is 0 Å². The highest BCUT2D eigenvalue weighted by Crippen LogP contribution is 2.27. The summed E-state index contributed by atoms with van der Waals surface area (Å²) in [4.78, 5) is 19.6. The van der Waals surface area contributed by atoms with Crippen LogP contribution in [0.2, 0.25) is 0 Å². The van der Waals surface area contributed by atoms with Crippen LogP contribution >= 0.6 is 0 Å². The Hall–Kier alpha value is -1.66. The van der Waals surface area contributed by atoms with Crippen molar-refractivity contribution < 1.29 is 4.74 Å². The first-order valence-corrected chi connectivity index (χ1v) is 8.09. The predicted molar refractivity (Wildman–Crippen MR) is 84.0 cm³/mol. The van der Waals surface area contributed by atoms with Crippen LogP contribution in [-0.2, 0) is 11.8 Å². The molecule has 118 valence electrons. The summed E-state index contributed by atoms with van der Waals surface area (Å²) in [6, 6.07) is 4.69. The zero-order chi connectivity index (χ0) is 15.1. The Morgan fingerprint density at radius 3 is 2.86 bits per heavy atom. The second-order valence-electron chi connectivity index (χ2n) is 6.34. The molecule has 0 aliphatic carbocycles. The van der Waals surface area contributed by atoms with Crippen molar-refractivity contribution in [2.24, 2.45) is 7.05 Å².